The molecule has 1 amide bonds. The average molecular weight is 336 g/mol. The van der Waals surface area contributed by atoms with Crippen molar-refractivity contribution < 1.29 is 14.3 Å². The molecule has 0 aliphatic rings. The Balaban J connectivity index is 2.34. The zero-order valence-corrected chi connectivity index (χ0v) is 14.8. The number of carbonyl (C=O) groups excluding carboxylic acids is 2. The molecule has 24 heavy (non-hydrogen) atoms. The number of hydrogen-bond donors (Lipinski definition) is 2. The number of methoxy groups -OCH3 is 1. The zero-order valence-electron chi connectivity index (χ0n) is 14.8. The Labute approximate surface area is 143 Å². The molecule has 0 spiro atoms. The van der Waals surface area contributed by atoms with Crippen LogP contribution in [0.15, 0.2) is 16.9 Å². The molecule has 1 heterocycles. The monoisotopic (exact) mass is 336 g/mol. The number of nitrogens with one attached hydrogen (secondary N) is 2. The standard InChI is InChI=1S/C18H28N2O4/c1-13(2)10-15-11-14(12-16(21)20-15)18(23)19-9-7-5-4-6-8-17(22)24-3/h11-13H,4-10H2,1-3H3,(H,19,23)(H,20,21). The highest BCUT2D eigenvalue weighted by molar-refractivity contribution is 5.94. The van der Waals surface area contributed by atoms with E-state index in [9.17, 15) is 14.4 Å². The van der Waals surface area contributed by atoms with E-state index in [-0.39, 0.29) is 17.4 Å². The summed E-state index contributed by atoms with van der Waals surface area (Å²) in [6.07, 6.45) is 4.67. The van der Waals surface area contributed by atoms with E-state index >= 15 is 0 Å². The second kappa shape index (κ2) is 10.6. The lowest BCUT2D eigenvalue weighted by Gasteiger charge is -2.08. The van der Waals surface area contributed by atoms with Crippen LogP contribution < -0.4 is 10.9 Å². The van der Waals surface area contributed by atoms with E-state index in [0.29, 0.717) is 24.4 Å². The lowest BCUT2D eigenvalue weighted by molar-refractivity contribution is -0.140. The summed E-state index contributed by atoms with van der Waals surface area (Å²) in [6.45, 7) is 4.68. The third-order valence-corrected chi connectivity index (χ3v) is 3.61. The van der Waals surface area contributed by atoms with Gasteiger partial charge in [-0.3, -0.25) is 14.4 Å². The van der Waals surface area contributed by atoms with Gasteiger partial charge in [0.15, 0.2) is 0 Å². The fourth-order valence-electron chi connectivity index (χ4n) is 2.44. The first-order valence-corrected chi connectivity index (χ1v) is 8.50. The first kappa shape index (κ1) is 19.9. The van der Waals surface area contributed by atoms with Gasteiger partial charge < -0.3 is 15.0 Å². The van der Waals surface area contributed by atoms with Crippen LogP contribution in [-0.4, -0.2) is 30.5 Å². The van der Waals surface area contributed by atoms with Crippen molar-refractivity contribution >= 4 is 11.9 Å². The number of aromatic amines is 1. The Morgan fingerprint density at radius 1 is 1.17 bits per heavy atom. The number of carbonyl (C=O) groups is 2. The fraction of sp³-hybridized carbons (Fsp3) is 0.611. The third kappa shape index (κ3) is 7.94. The van der Waals surface area contributed by atoms with Gasteiger partial charge in [-0.2, -0.15) is 0 Å². The van der Waals surface area contributed by atoms with Crippen molar-refractivity contribution in [3.63, 3.8) is 0 Å². The Bertz CT molecular complexity index is 593. The molecule has 0 aliphatic heterocycles. The van der Waals surface area contributed by atoms with Crippen molar-refractivity contribution in [2.24, 2.45) is 5.92 Å². The molecule has 6 nitrogen and oxygen atoms in total. The number of unbranched alkanes of at least 4 members (excludes halogenated alkanes) is 3. The maximum Gasteiger partial charge on any atom is 0.305 e. The van der Waals surface area contributed by atoms with Crippen molar-refractivity contribution in [3.8, 4) is 0 Å². The fourth-order valence-corrected chi connectivity index (χ4v) is 2.44. The van der Waals surface area contributed by atoms with Crippen LogP contribution in [0.2, 0.25) is 0 Å². The van der Waals surface area contributed by atoms with E-state index in [0.717, 1.165) is 37.8 Å². The van der Waals surface area contributed by atoms with E-state index in [1.807, 2.05) is 0 Å². The normalized spacial score (nSPS) is 10.7. The van der Waals surface area contributed by atoms with Gasteiger partial charge in [-0.1, -0.05) is 26.7 Å². The number of esters is 1. The molecule has 0 bridgehead atoms. The number of pyridine rings is 1. The highest BCUT2D eigenvalue weighted by atomic mass is 16.5. The van der Waals surface area contributed by atoms with Gasteiger partial charge in [0.25, 0.3) is 5.91 Å². The van der Waals surface area contributed by atoms with E-state index in [4.69, 9.17) is 0 Å². The molecule has 1 rings (SSSR count). The number of ether oxygens (including phenoxy) is 1. The number of aromatic nitrogens is 1. The Morgan fingerprint density at radius 2 is 1.88 bits per heavy atom. The topological polar surface area (TPSA) is 88.3 Å². The van der Waals surface area contributed by atoms with E-state index in [2.05, 4.69) is 28.9 Å². The molecule has 0 saturated carbocycles. The first-order chi connectivity index (χ1) is 11.4. The van der Waals surface area contributed by atoms with Crippen molar-refractivity contribution in [3.05, 3.63) is 33.7 Å². The predicted octanol–water partition coefficient (Wildman–Crippen LogP) is 2.43. The summed E-state index contributed by atoms with van der Waals surface area (Å²) in [6, 6.07) is 3.07. The molecular weight excluding hydrogens is 308 g/mol. The van der Waals surface area contributed by atoms with Crippen molar-refractivity contribution in [2.75, 3.05) is 13.7 Å². The summed E-state index contributed by atoms with van der Waals surface area (Å²) in [5.74, 6) is -0.000535. The molecule has 6 heteroatoms. The lowest BCUT2D eigenvalue weighted by atomic mass is 10.1. The lowest BCUT2D eigenvalue weighted by Crippen LogP contribution is -2.26. The van der Waals surface area contributed by atoms with Crippen LogP contribution in [0.25, 0.3) is 0 Å². The molecule has 0 radical (unpaired) electrons. The summed E-state index contributed by atoms with van der Waals surface area (Å²) >= 11 is 0. The largest absolute Gasteiger partial charge is 0.469 e. The molecular formula is C18H28N2O4. The van der Waals surface area contributed by atoms with Gasteiger partial charge >= 0.3 is 5.97 Å². The van der Waals surface area contributed by atoms with Crippen LogP contribution in [0.5, 0.6) is 0 Å². The minimum atomic E-state index is -0.249. The maximum absolute atomic E-state index is 12.1. The highest BCUT2D eigenvalue weighted by Crippen LogP contribution is 2.07. The van der Waals surface area contributed by atoms with Crippen LogP contribution in [0.3, 0.4) is 0 Å². The van der Waals surface area contributed by atoms with Crippen LogP contribution in [0.4, 0.5) is 0 Å². The first-order valence-electron chi connectivity index (χ1n) is 8.50. The van der Waals surface area contributed by atoms with Gasteiger partial charge in [0.05, 0.1) is 7.11 Å². The summed E-state index contributed by atoms with van der Waals surface area (Å²) in [4.78, 5) is 37.5. The Hall–Kier alpha value is -2.11. The van der Waals surface area contributed by atoms with E-state index < -0.39 is 0 Å². The Morgan fingerprint density at radius 3 is 2.54 bits per heavy atom. The molecule has 134 valence electrons. The molecule has 0 unspecified atom stereocenters. The van der Waals surface area contributed by atoms with Crippen molar-refractivity contribution in [1.29, 1.82) is 0 Å². The average Bonchev–Trinajstić information content (AvgIpc) is 2.52. The molecule has 0 aromatic carbocycles. The second-order valence-corrected chi connectivity index (χ2v) is 6.35. The van der Waals surface area contributed by atoms with Crippen LogP contribution >= 0.6 is 0 Å². The van der Waals surface area contributed by atoms with Gasteiger partial charge in [-0.05, 0) is 31.2 Å². The second-order valence-electron chi connectivity index (χ2n) is 6.35. The molecule has 1 aromatic heterocycles. The SMILES string of the molecule is COC(=O)CCCCCCNC(=O)c1cc(CC(C)C)[nH]c(=O)c1. The molecule has 2 N–H and O–H groups in total. The highest BCUT2D eigenvalue weighted by Gasteiger charge is 2.09. The minimum absolute atomic E-state index is 0.185. The number of rotatable bonds is 10. The van der Waals surface area contributed by atoms with E-state index in [1.54, 1.807) is 6.07 Å². The summed E-state index contributed by atoms with van der Waals surface area (Å²) in [7, 11) is 1.39. The zero-order chi connectivity index (χ0) is 17.9. The van der Waals surface area contributed by atoms with Crippen molar-refractivity contribution in [2.45, 2.75) is 52.4 Å². The van der Waals surface area contributed by atoms with E-state index in [1.165, 1.54) is 13.2 Å². The number of amides is 1. The van der Waals surface area contributed by atoms with Crippen LogP contribution in [0, 0.1) is 5.92 Å². The minimum Gasteiger partial charge on any atom is -0.469 e. The predicted molar refractivity (Wildman–Crippen MR) is 93.0 cm³/mol. The van der Waals surface area contributed by atoms with Gasteiger partial charge in [0.2, 0.25) is 5.56 Å². The smallest absolute Gasteiger partial charge is 0.305 e. The summed E-state index contributed by atoms with van der Waals surface area (Å²) in [5.41, 5.74) is 0.937. The van der Waals surface area contributed by atoms with Crippen LogP contribution in [-0.2, 0) is 16.0 Å². The molecule has 0 aliphatic carbocycles. The quantitative estimate of drug-likeness (QED) is 0.507. The van der Waals surface area contributed by atoms with Crippen LogP contribution in [0.1, 0.15) is 62.0 Å². The number of H-pyrrole nitrogens is 1. The van der Waals surface area contributed by atoms with Gasteiger partial charge in [0, 0.05) is 30.3 Å². The summed E-state index contributed by atoms with van der Waals surface area (Å²) in [5, 5.41) is 2.83. The Kier molecular flexibility index (Phi) is 8.83. The molecule has 0 fully saturated rings. The van der Waals surface area contributed by atoms with Gasteiger partial charge in [0.1, 0.15) is 0 Å². The number of hydrogen-bond acceptors (Lipinski definition) is 4. The maximum atomic E-state index is 12.1. The van der Waals surface area contributed by atoms with Crippen molar-refractivity contribution in [1.82, 2.24) is 10.3 Å². The summed E-state index contributed by atoms with van der Waals surface area (Å²) < 4.78 is 4.58. The van der Waals surface area contributed by atoms with Gasteiger partial charge in [-0.15, -0.1) is 0 Å². The molecule has 0 saturated heterocycles. The van der Waals surface area contributed by atoms with Gasteiger partial charge in [-0.25, -0.2) is 0 Å². The third-order valence-electron chi connectivity index (χ3n) is 3.61. The molecule has 0 atom stereocenters. The molecule has 1 aromatic rings.